The number of carboxylic acid groups (broad SMARTS) is 1. The van der Waals surface area contributed by atoms with Crippen LogP contribution in [-0.2, 0) is 11.3 Å². The Kier molecular flexibility index (Phi) is 3.73. The summed E-state index contributed by atoms with van der Waals surface area (Å²) in [5.41, 5.74) is 0.502. The van der Waals surface area contributed by atoms with Gasteiger partial charge in [-0.2, -0.15) is 0 Å². The van der Waals surface area contributed by atoms with Crippen LogP contribution >= 0.6 is 11.3 Å². The molecule has 0 saturated carbocycles. The monoisotopic (exact) mass is 267 g/mol. The molecule has 0 aromatic carbocycles. The smallest absolute Gasteiger partial charge is 0.358 e. The molecule has 7 heteroatoms. The van der Waals surface area contributed by atoms with Crippen LogP contribution in [-0.4, -0.2) is 39.3 Å². The van der Waals surface area contributed by atoms with Crippen molar-refractivity contribution >= 4 is 17.3 Å². The Labute approximate surface area is 108 Å². The Morgan fingerprint density at radius 2 is 2.44 bits per heavy atom. The highest BCUT2D eigenvalue weighted by atomic mass is 32.1. The number of hydrogen-bond acceptors (Lipinski definition) is 5. The summed E-state index contributed by atoms with van der Waals surface area (Å²) in [6.45, 7) is 2.35. The van der Waals surface area contributed by atoms with E-state index >= 15 is 0 Å². The SMILES string of the molecule is COC(C)Cn1nnc(C(=O)O)c1-c1cccs1. The first-order valence-corrected chi connectivity index (χ1v) is 6.25. The number of ether oxygens (including phenoxy) is 1. The molecule has 2 heterocycles. The van der Waals surface area contributed by atoms with Crippen molar-refractivity contribution in [2.45, 2.75) is 19.6 Å². The van der Waals surface area contributed by atoms with Gasteiger partial charge in [-0.1, -0.05) is 11.3 Å². The predicted molar refractivity (Wildman–Crippen MR) is 66.8 cm³/mol. The van der Waals surface area contributed by atoms with Gasteiger partial charge in [-0.05, 0) is 18.4 Å². The first-order valence-electron chi connectivity index (χ1n) is 5.37. The van der Waals surface area contributed by atoms with E-state index in [-0.39, 0.29) is 11.8 Å². The van der Waals surface area contributed by atoms with Gasteiger partial charge in [0.2, 0.25) is 0 Å². The topological polar surface area (TPSA) is 77.2 Å². The number of aromatic carboxylic acids is 1. The highest BCUT2D eigenvalue weighted by Gasteiger charge is 2.22. The van der Waals surface area contributed by atoms with E-state index in [9.17, 15) is 4.79 Å². The minimum absolute atomic E-state index is 0.0271. The second kappa shape index (κ2) is 5.28. The van der Waals surface area contributed by atoms with Crippen molar-refractivity contribution in [3.05, 3.63) is 23.2 Å². The average molecular weight is 267 g/mol. The van der Waals surface area contributed by atoms with E-state index in [1.807, 2.05) is 24.4 Å². The highest BCUT2D eigenvalue weighted by Crippen LogP contribution is 2.27. The van der Waals surface area contributed by atoms with Crippen LogP contribution in [0.2, 0.25) is 0 Å². The van der Waals surface area contributed by atoms with E-state index < -0.39 is 5.97 Å². The quantitative estimate of drug-likeness (QED) is 0.892. The minimum atomic E-state index is -1.07. The standard InChI is InChI=1S/C11H13N3O3S/c1-7(17-2)6-14-10(8-4-3-5-18-8)9(11(15)16)12-13-14/h3-5,7H,6H2,1-2H3,(H,15,16). The van der Waals surface area contributed by atoms with Crippen molar-refractivity contribution in [1.29, 1.82) is 0 Å². The number of carbonyl (C=O) groups is 1. The number of carboxylic acids is 1. The van der Waals surface area contributed by atoms with Crippen molar-refractivity contribution in [1.82, 2.24) is 15.0 Å². The summed E-state index contributed by atoms with van der Waals surface area (Å²) < 4.78 is 6.74. The molecule has 2 aromatic rings. The molecule has 0 aliphatic heterocycles. The Balaban J connectivity index is 2.45. The van der Waals surface area contributed by atoms with Crippen LogP contribution in [0, 0.1) is 0 Å². The molecule has 0 fully saturated rings. The molecule has 6 nitrogen and oxygen atoms in total. The maximum Gasteiger partial charge on any atom is 0.358 e. The van der Waals surface area contributed by atoms with Crippen molar-refractivity contribution in [3.8, 4) is 10.6 Å². The molecule has 96 valence electrons. The van der Waals surface area contributed by atoms with Gasteiger partial charge in [0.1, 0.15) is 5.69 Å². The van der Waals surface area contributed by atoms with E-state index in [1.54, 1.807) is 11.8 Å². The molecule has 0 saturated heterocycles. The highest BCUT2D eigenvalue weighted by molar-refractivity contribution is 7.13. The average Bonchev–Trinajstić information content (AvgIpc) is 2.96. The number of nitrogens with zero attached hydrogens (tertiary/aromatic N) is 3. The number of hydrogen-bond donors (Lipinski definition) is 1. The maximum atomic E-state index is 11.1. The summed E-state index contributed by atoms with van der Waals surface area (Å²) in [6.07, 6.45) is -0.0629. The summed E-state index contributed by atoms with van der Waals surface area (Å²) >= 11 is 1.46. The van der Waals surface area contributed by atoms with Crippen molar-refractivity contribution in [2.24, 2.45) is 0 Å². The van der Waals surface area contributed by atoms with Gasteiger partial charge >= 0.3 is 5.97 Å². The largest absolute Gasteiger partial charge is 0.476 e. The number of methoxy groups -OCH3 is 1. The molecule has 18 heavy (non-hydrogen) atoms. The third kappa shape index (κ3) is 2.41. The Morgan fingerprint density at radius 3 is 3.00 bits per heavy atom. The maximum absolute atomic E-state index is 11.1. The zero-order valence-corrected chi connectivity index (χ0v) is 10.8. The normalized spacial score (nSPS) is 12.6. The van der Waals surface area contributed by atoms with Crippen molar-refractivity contribution < 1.29 is 14.6 Å². The van der Waals surface area contributed by atoms with Crippen molar-refractivity contribution in [2.75, 3.05) is 7.11 Å². The lowest BCUT2D eigenvalue weighted by atomic mass is 10.2. The van der Waals surface area contributed by atoms with E-state index in [0.29, 0.717) is 12.2 Å². The molecule has 2 rings (SSSR count). The molecule has 0 amide bonds. The molecule has 1 unspecified atom stereocenters. The number of rotatable bonds is 5. The Bertz CT molecular complexity index is 536. The van der Waals surface area contributed by atoms with Crippen LogP contribution in [0.15, 0.2) is 17.5 Å². The second-order valence-electron chi connectivity index (χ2n) is 3.80. The van der Waals surface area contributed by atoms with Crippen molar-refractivity contribution in [3.63, 3.8) is 0 Å². The zero-order valence-electron chi connectivity index (χ0n) is 10.0. The van der Waals surface area contributed by atoms with Gasteiger partial charge in [0.05, 0.1) is 17.5 Å². The lowest BCUT2D eigenvalue weighted by Crippen LogP contribution is -2.16. The Morgan fingerprint density at radius 1 is 1.67 bits per heavy atom. The van der Waals surface area contributed by atoms with Gasteiger partial charge in [-0.15, -0.1) is 16.4 Å². The van der Waals surface area contributed by atoms with E-state index in [0.717, 1.165) is 4.88 Å². The van der Waals surface area contributed by atoms with Gasteiger partial charge in [0, 0.05) is 7.11 Å². The second-order valence-corrected chi connectivity index (χ2v) is 4.75. The molecule has 0 bridgehead atoms. The first-order chi connectivity index (χ1) is 8.63. The fourth-order valence-corrected chi connectivity index (χ4v) is 2.33. The van der Waals surface area contributed by atoms with E-state index in [4.69, 9.17) is 9.84 Å². The molecule has 0 spiro atoms. The molecule has 1 atom stereocenters. The van der Waals surface area contributed by atoms with Gasteiger partial charge in [-0.3, -0.25) is 0 Å². The molecule has 0 aliphatic rings. The molecular formula is C11H13N3O3S. The fraction of sp³-hybridized carbons (Fsp3) is 0.364. The van der Waals surface area contributed by atoms with E-state index in [2.05, 4.69) is 10.3 Å². The summed E-state index contributed by atoms with van der Waals surface area (Å²) in [5, 5.41) is 18.6. The molecule has 1 N–H and O–H groups in total. The van der Waals surface area contributed by atoms with Crippen LogP contribution in [0.1, 0.15) is 17.4 Å². The van der Waals surface area contributed by atoms with Crippen LogP contribution in [0.25, 0.3) is 10.6 Å². The zero-order chi connectivity index (χ0) is 13.1. The molecular weight excluding hydrogens is 254 g/mol. The van der Waals surface area contributed by atoms with Crippen LogP contribution < -0.4 is 0 Å². The number of thiophene rings is 1. The number of aromatic nitrogens is 3. The van der Waals surface area contributed by atoms with Gasteiger partial charge in [-0.25, -0.2) is 9.48 Å². The predicted octanol–water partition coefficient (Wildman–Crippen LogP) is 1.74. The third-order valence-electron chi connectivity index (χ3n) is 2.52. The van der Waals surface area contributed by atoms with Crippen LogP contribution in [0.3, 0.4) is 0 Å². The lowest BCUT2D eigenvalue weighted by Gasteiger charge is -2.10. The third-order valence-corrected chi connectivity index (χ3v) is 3.40. The summed E-state index contributed by atoms with van der Waals surface area (Å²) in [4.78, 5) is 12.0. The molecule has 0 radical (unpaired) electrons. The molecule has 0 aliphatic carbocycles. The van der Waals surface area contributed by atoms with Crippen LogP contribution in [0.4, 0.5) is 0 Å². The minimum Gasteiger partial charge on any atom is -0.476 e. The summed E-state index contributed by atoms with van der Waals surface area (Å²) in [7, 11) is 1.60. The molecule has 2 aromatic heterocycles. The lowest BCUT2D eigenvalue weighted by molar-refractivity contribution is 0.0691. The fourth-order valence-electron chi connectivity index (χ4n) is 1.56. The first kappa shape index (κ1) is 12.7. The van der Waals surface area contributed by atoms with Gasteiger partial charge < -0.3 is 9.84 Å². The van der Waals surface area contributed by atoms with Gasteiger partial charge in [0.15, 0.2) is 5.69 Å². The van der Waals surface area contributed by atoms with Crippen LogP contribution in [0.5, 0.6) is 0 Å². The van der Waals surface area contributed by atoms with Gasteiger partial charge in [0.25, 0.3) is 0 Å². The van der Waals surface area contributed by atoms with E-state index in [1.165, 1.54) is 11.3 Å². The summed E-state index contributed by atoms with van der Waals surface area (Å²) in [5.74, 6) is -1.07. The summed E-state index contributed by atoms with van der Waals surface area (Å²) in [6, 6.07) is 3.71. The Hall–Kier alpha value is -1.73.